The second-order valence-corrected chi connectivity index (χ2v) is 6.67. The topological polar surface area (TPSA) is 76.9 Å². The fourth-order valence-electron chi connectivity index (χ4n) is 2.59. The highest BCUT2D eigenvalue weighted by molar-refractivity contribution is 7.21. The summed E-state index contributed by atoms with van der Waals surface area (Å²) in [5.41, 5.74) is 0.805. The Kier molecular flexibility index (Phi) is 4.28. The van der Waals surface area contributed by atoms with E-state index in [1.165, 1.54) is 22.2 Å². The van der Waals surface area contributed by atoms with Crippen molar-refractivity contribution in [2.75, 3.05) is 5.32 Å². The van der Waals surface area contributed by atoms with Gasteiger partial charge < -0.3 is 5.32 Å². The normalized spacial score (nSPS) is 10.8. The molecule has 1 aromatic carbocycles. The number of hydrogen-bond acceptors (Lipinski definition) is 5. The number of pyridine rings is 1. The first-order chi connectivity index (χ1) is 12.7. The van der Waals surface area contributed by atoms with Gasteiger partial charge in [0.1, 0.15) is 17.2 Å². The summed E-state index contributed by atoms with van der Waals surface area (Å²) >= 11 is 1.46. The zero-order chi connectivity index (χ0) is 17.9. The molecule has 0 radical (unpaired) electrons. The number of carbonyl (C=O) groups is 1. The number of rotatable bonds is 4. The Morgan fingerprint density at radius 3 is 2.65 bits per heavy atom. The third-order valence-corrected chi connectivity index (χ3v) is 4.91. The van der Waals surface area contributed by atoms with Crippen LogP contribution in [-0.2, 0) is 11.3 Å². The Labute approximate surface area is 152 Å². The third kappa shape index (κ3) is 3.25. The Morgan fingerprint density at radius 2 is 1.88 bits per heavy atom. The van der Waals surface area contributed by atoms with Crippen LogP contribution in [0.25, 0.3) is 20.7 Å². The van der Waals surface area contributed by atoms with Crippen LogP contribution in [0.4, 0.5) is 5.82 Å². The minimum Gasteiger partial charge on any atom is -0.309 e. The standard InChI is InChI=1S/C19H14N4O2S/c24-17(22-16-8-4-5-9-20-16)11-23-12-21-18-14(19(23)25)10-15(26-18)13-6-2-1-3-7-13/h1-10,12H,11H2,(H,20,22,24). The first-order valence-corrected chi connectivity index (χ1v) is 8.77. The highest BCUT2D eigenvalue weighted by atomic mass is 32.1. The van der Waals surface area contributed by atoms with Crippen LogP contribution in [0.15, 0.2) is 71.9 Å². The number of hydrogen-bond donors (Lipinski definition) is 1. The van der Waals surface area contributed by atoms with Gasteiger partial charge in [-0.25, -0.2) is 9.97 Å². The zero-order valence-corrected chi connectivity index (χ0v) is 14.4. The SMILES string of the molecule is O=C(Cn1cnc2sc(-c3ccccc3)cc2c1=O)Nc1ccccn1. The maximum absolute atomic E-state index is 12.7. The second-order valence-electron chi connectivity index (χ2n) is 5.64. The summed E-state index contributed by atoms with van der Waals surface area (Å²) in [5, 5.41) is 3.18. The van der Waals surface area contributed by atoms with E-state index >= 15 is 0 Å². The van der Waals surface area contributed by atoms with Crippen LogP contribution in [0.5, 0.6) is 0 Å². The number of thiophene rings is 1. The van der Waals surface area contributed by atoms with Crippen LogP contribution in [-0.4, -0.2) is 20.4 Å². The van der Waals surface area contributed by atoms with E-state index in [0.29, 0.717) is 16.0 Å². The van der Waals surface area contributed by atoms with E-state index in [2.05, 4.69) is 15.3 Å². The van der Waals surface area contributed by atoms with Gasteiger partial charge in [-0.05, 0) is 23.8 Å². The second kappa shape index (κ2) is 6.89. The van der Waals surface area contributed by atoms with Gasteiger partial charge in [-0.1, -0.05) is 36.4 Å². The van der Waals surface area contributed by atoms with Crippen molar-refractivity contribution in [3.8, 4) is 10.4 Å². The minimum atomic E-state index is -0.328. The fourth-order valence-corrected chi connectivity index (χ4v) is 3.59. The molecule has 6 nitrogen and oxygen atoms in total. The van der Waals surface area contributed by atoms with Crippen molar-refractivity contribution in [1.82, 2.24) is 14.5 Å². The molecule has 3 aromatic heterocycles. The Balaban J connectivity index is 1.61. The molecule has 0 atom stereocenters. The van der Waals surface area contributed by atoms with Crippen LogP contribution >= 0.6 is 11.3 Å². The number of fused-ring (bicyclic) bond motifs is 1. The molecule has 0 aliphatic carbocycles. The van der Waals surface area contributed by atoms with Crippen molar-refractivity contribution in [3.05, 3.63) is 77.5 Å². The largest absolute Gasteiger partial charge is 0.309 e. The molecule has 1 N–H and O–H groups in total. The van der Waals surface area contributed by atoms with Gasteiger partial charge in [0.05, 0.1) is 11.7 Å². The summed E-state index contributed by atoms with van der Waals surface area (Å²) in [6, 6.07) is 16.9. The van der Waals surface area contributed by atoms with Gasteiger partial charge in [-0.3, -0.25) is 14.2 Å². The number of carbonyl (C=O) groups excluding carboxylic acids is 1. The molecule has 26 heavy (non-hydrogen) atoms. The summed E-state index contributed by atoms with van der Waals surface area (Å²) in [6.45, 7) is -0.116. The molecule has 4 rings (SSSR count). The maximum Gasteiger partial charge on any atom is 0.262 e. The van der Waals surface area contributed by atoms with Crippen molar-refractivity contribution in [2.45, 2.75) is 6.54 Å². The lowest BCUT2D eigenvalue weighted by Gasteiger charge is -2.06. The lowest BCUT2D eigenvalue weighted by Crippen LogP contribution is -2.27. The van der Waals surface area contributed by atoms with E-state index in [1.807, 2.05) is 36.4 Å². The summed E-state index contributed by atoms with van der Waals surface area (Å²) in [4.78, 5) is 34.9. The van der Waals surface area contributed by atoms with Crippen LogP contribution in [0, 0.1) is 0 Å². The molecular formula is C19H14N4O2S. The molecule has 4 aromatic rings. The zero-order valence-electron chi connectivity index (χ0n) is 13.6. The predicted octanol–water partition coefficient (Wildman–Crippen LogP) is 3.16. The molecule has 1 amide bonds. The van der Waals surface area contributed by atoms with Gasteiger partial charge in [0, 0.05) is 11.1 Å². The smallest absolute Gasteiger partial charge is 0.262 e. The number of anilines is 1. The van der Waals surface area contributed by atoms with E-state index in [4.69, 9.17) is 0 Å². The predicted molar refractivity (Wildman–Crippen MR) is 102 cm³/mol. The van der Waals surface area contributed by atoms with Crippen LogP contribution in [0.2, 0.25) is 0 Å². The maximum atomic E-state index is 12.7. The fraction of sp³-hybridized carbons (Fsp3) is 0.0526. The van der Waals surface area contributed by atoms with Crippen molar-refractivity contribution < 1.29 is 4.79 Å². The first kappa shape index (κ1) is 16.2. The van der Waals surface area contributed by atoms with Gasteiger partial charge in [0.25, 0.3) is 5.56 Å². The average Bonchev–Trinajstić information content (AvgIpc) is 3.11. The van der Waals surface area contributed by atoms with Crippen molar-refractivity contribution in [1.29, 1.82) is 0 Å². The van der Waals surface area contributed by atoms with Gasteiger partial charge in [0.2, 0.25) is 5.91 Å². The molecule has 0 fully saturated rings. The minimum absolute atomic E-state index is 0.116. The van der Waals surface area contributed by atoms with E-state index in [1.54, 1.807) is 24.4 Å². The van der Waals surface area contributed by atoms with Gasteiger partial charge >= 0.3 is 0 Å². The summed E-state index contributed by atoms with van der Waals surface area (Å²) in [7, 11) is 0. The number of nitrogens with zero attached hydrogens (tertiary/aromatic N) is 3. The number of amides is 1. The van der Waals surface area contributed by atoms with Gasteiger partial charge in [-0.15, -0.1) is 11.3 Å². The molecule has 0 spiro atoms. The van der Waals surface area contributed by atoms with E-state index < -0.39 is 0 Å². The molecule has 0 aliphatic rings. The first-order valence-electron chi connectivity index (χ1n) is 7.96. The molecule has 0 saturated carbocycles. The highest BCUT2D eigenvalue weighted by Gasteiger charge is 2.12. The number of nitrogens with one attached hydrogen (secondary N) is 1. The van der Waals surface area contributed by atoms with E-state index in [-0.39, 0.29) is 18.0 Å². The lowest BCUT2D eigenvalue weighted by molar-refractivity contribution is -0.116. The molecular weight excluding hydrogens is 348 g/mol. The third-order valence-electron chi connectivity index (χ3n) is 3.82. The van der Waals surface area contributed by atoms with Crippen molar-refractivity contribution in [3.63, 3.8) is 0 Å². The lowest BCUT2D eigenvalue weighted by atomic mass is 10.2. The summed E-state index contributed by atoms with van der Waals surface area (Å²) < 4.78 is 1.31. The number of aromatic nitrogens is 3. The van der Waals surface area contributed by atoms with Crippen LogP contribution in [0.3, 0.4) is 0 Å². The van der Waals surface area contributed by atoms with E-state index in [9.17, 15) is 9.59 Å². The van der Waals surface area contributed by atoms with Gasteiger partial charge in [-0.2, -0.15) is 0 Å². The molecule has 3 heterocycles. The quantitative estimate of drug-likeness (QED) is 0.605. The average molecular weight is 362 g/mol. The van der Waals surface area contributed by atoms with Crippen molar-refractivity contribution in [2.24, 2.45) is 0 Å². The summed E-state index contributed by atoms with van der Waals surface area (Å²) in [5.74, 6) is 0.118. The molecule has 7 heteroatoms. The summed E-state index contributed by atoms with van der Waals surface area (Å²) in [6.07, 6.45) is 3.00. The Bertz CT molecular complexity index is 1120. The van der Waals surface area contributed by atoms with E-state index in [0.717, 1.165) is 10.4 Å². The Hall–Kier alpha value is -3.32. The van der Waals surface area contributed by atoms with Crippen molar-refractivity contribution >= 4 is 33.3 Å². The molecule has 0 aliphatic heterocycles. The van der Waals surface area contributed by atoms with Crippen LogP contribution < -0.4 is 10.9 Å². The number of benzene rings is 1. The highest BCUT2D eigenvalue weighted by Crippen LogP contribution is 2.30. The monoisotopic (exact) mass is 362 g/mol. The van der Waals surface area contributed by atoms with Crippen LogP contribution in [0.1, 0.15) is 0 Å². The molecule has 0 bridgehead atoms. The molecule has 128 valence electrons. The Morgan fingerprint density at radius 1 is 1.08 bits per heavy atom. The molecule has 0 unspecified atom stereocenters. The van der Waals surface area contributed by atoms with Gasteiger partial charge in [0.15, 0.2) is 0 Å². The molecule has 0 saturated heterocycles.